The number of amides is 1. The monoisotopic (exact) mass is 363 g/mol. The second kappa shape index (κ2) is 9.73. The molecule has 3 aromatic rings. The second-order valence-corrected chi connectivity index (χ2v) is 6.90. The minimum atomic E-state index is 0.0408. The smallest absolute Gasteiger partial charge is 0.254 e. The summed E-state index contributed by atoms with van der Waals surface area (Å²) in [5.41, 5.74) is 1.61. The molecule has 0 unspecified atom stereocenters. The molecule has 5 heteroatoms. The average molecular weight is 363 g/mol. The van der Waals surface area contributed by atoms with E-state index in [0.29, 0.717) is 18.7 Å². The molecule has 0 fully saturated rings. The summed E-state index contributed by atoms with van der Waals surface area (Å²) in [6.45, 7) is 1.20. The lowest BCUT2D eigenvalue weighted by atomic mass is 10.2. The molecular formula is C21H21N3OS. The topological polar surface area (TPSA) is 46.1 Å². The van der Waals surface area contributed by atoms with E-state index in [1.165, 1.54) is 0 Å². The van der Waals surface area contributed by atoms with E-state index >= 15 is 0 Å². The van der Waals surface area contributed by atoms with Crippen LogP contribution in [0.2, 0.25) is 0 Å². The van der Waals surface area contributed by atoms with Crippen LogP contribution in [0.3, 0.4) is 0 Å². The van der Waals surface area contributed by atoms with Gasteiger partial charge in [0.1, 0.15) is 0 Å². The van der Waals surface area contributed by atoms with Gasteiger partial charge in [-0.1, -0.05) is 30.3 Å². The zero-order valence-corrected chi connectivity index (χ0v) is 15.3. The molecule has 3 rings (SSSR count). The van der Waals surface area contributed by atoms with Gasteiger partial charge in [-0.3, -0.25) is 9.78 Å². The summed E-state index contributed by atoms with van der Waals surface area (Å²) in [5, 5.41) is 1.01. The molecule has 0 aliphatic heterocycles. The van der Waals surface area contributed by atoms with Crippen LogP contribution in [0, 0.1) is 0 Å². The van der Waals surface area contributed by atoms with Gasteiger partial charge < -0.3 is 4.90 Å². The number of nitrogens with zero attached hydrogens (tertiary/aromatic N) is 3. The van der Waals surface area contributed by atoms with E-state index in [1.54, 1.807) is 24.2 Å². The van der Waals surface area contributed by atoms with Crippen LogP contribution in [0.5, 0.6) is 0 Å². The molecule has 0 aliphatic carbocycles. The normalized spacial score (nSPS) is 10.5. The maximum absolute atomic E-state index is 12.9. The van der Waals surface area contributed by atoms with E-state index in [2.05, 4.69) is 9.97 Å². The number of aromatic nitrogens is 2. The molecule has 26 heavy (non-hydrogen) atoms. The third-order valence-electron chi connectivity index (χ3n) is 3.85. The third-order valence-corrected chi connectivity index (χ3v) is 4.88. The van der Waals surface area contributed by atoms with E-state index in [9.17, 15) is 4.79 Å². The molecule has 0 spiro atoms. The summed E-state index contributed by atoms with van der Waals surface area (Å²) in [6.07, 6.45) is 4.46. The molecule has 0 saturated heterocycles. The molecule has 4 nitrogen and oxygen atoms in total. The first kappa shape index (κ1) is 18.1. The van der Waals surface area contributed by atoms with Crippen LogP contribution < -0.4 is 0 Å². The molecule has 0 atom stereocenters. The van der Waals surface area contributed by atoms with Crippen LogP contribution in [-0.4, -0.2) is 33.1 Å². The summed E-state index contributed by atoms with van der Waals surface area (Å²) in [6, 6.07) is 21.1. The van der Waals surface area contributed by atoms with Gasteiger partial charge in [0.15, 0.2) is 0 Å². The number of pyridine rings is 2. The second-order valence-electron chi connectivity index (χ2n) is 5.78. The van der Waals surface area contributed by atoms with Crippen molar-refractivity contribution in [3.05, 3.63) is 90.4 Å². The van der Waals surface area contributed by atoms with Gasteiger partial charge in [-0.15, -0.1) is 11.8 Å². The van der Waals surface area contributed by atoms with E-state index in [4.69, 9.17) is 0 Å². The largest absolute Gasteiger partial charge is 0.333 e. The first-order valence-electron chi connectivity index (χ1n) is 8.61. The first-order chi connectivity index (χ1) is 12.8. The predicted molar refractivity (Wildman–Crippen MR) is 105 cm³/mol. The number of carbonyl (C=O) groups is 1. The summed E-state index contributed by atoms with van der Waals surface area (Å²) in [4.78, 5) is 23.4. The highest BCUT2D eigenvalue weighted by atomic mass is 32.2. The number of hydrogen-bond acceptors (Lipinski definition) is 4. The molecule has 0 aliphatic rings. The van der Waals surface area contributed by atoms with Crippen LogP contribution in [0.4, 0.5) is 0 Å². The van der Waals surface area contributed by atoms with Crippen LogP contribution in [-0.2, 0) is 6.54 Å². The van der Waals surface area contributed by atoms with Gasteiger partial charge in [-0.25, -0.2) is 4.98 Å². The molecular weight excluding hydrogens is 342 g/mol. The summed E-state index contributed by atoms with van der Waals surface area (Å²) >= 11 is 1.71. The lowest BCUT2D eigenvalue weighted by molar-refractivity contribution is 0.0741. The maximum Gasteiger partial charge on any atom is 0.254 e. The lowest BCUT2D eigenvalue weighted by Gasteiger charge is -2.22. The Kier molecular flexibility index (Phi) is 6.79. The Labute approximate surface area is 158 Å². The zero-order chi connectivity index (χ0) is 18.0. The Morgan fingerprint density at radius 3 is 2.31 bits per heavy atom. The van der Waals surface area contributed by atoms with Crippen molar-refractivity contribution in [1.82, 2.24) is 14.9 Å². The number of carbonyl (C=O) groups excluding carboxylic acids is 1. The van der Waals surface area contributed by atoms with Crippen molar-refractivity contribution in [3.8, 4) is 0 Å². The van der Waals surface area contributed by atoms with Crippen LogP contribution in [0.1, 0.15) is 22.5 Å². The number of benzene rings is 1. The highest BCUT2D eigenvalue weighted by Gasteiger charge is 2.16. The van der Waals surface area contributed by atoms with Gasteiger partial charge in [0, 0.05) is 30.3 Å². The summed E-state index contributed by atoms with van der Waals surface area (Å²) in [7, 11) is 0. The van der Waals surface area contributed by atoms with Crippen LogP contribution in [0.15, 0.2) is 84.1 Å². The van der Waals surface area contributed by atoms with E-state index in [1.807, 2.05) is 71.6 Å². The molecule has 0 N–H and O–H groups in total. The number of thioether (sulfide) groups is 1. The van der Waals surface area contributed by atoms with Crippen molar-refractivity contribution in [2.45, 2.75) is 18.0 Å². The summed E-state index contributed by atoms with van der Waals surface area (Å²) in [5.74, 6) is 0.955. The highest BCUT2D eigenvalue weighted by molar-refractivity contribution is 7.99. The van der Waals surface area contributed by atoms with Crippen molar-refractivity contribution in [3.63, 3.8) is 0 Å². The molecule has 0 radical (unpaired) electrons. The Bertz CT molecular complexity index is 797. The minimum absolute atomic E-state index is 0.0408. The fourth-order valence-corrected chi connectivity index (χ4v) is 3.36. The van der Waals surface area contributed by atoms with Gasteiger partial charge in [0.2, 0.25) is 0 Å². The van der Waals surface area contributed by atoms with E-state index in [0.717, 1.165) is 22.9 Å². The van der Waals surface area contributed by atoms with Gasteiger partial charge in [0.05, 0.1) is 17.3 Å². The number of rotatable bonds is 8. The van der Waals surface area contributed by atoms with Gasteiger partial charge >= 0.3 is 0 Å². The van der Waals surface area contributed by atoms with E-state index < -0.39 is 0 Å². The third kappa shape index (κ3) is 5.43. The maximum atomic E-state index is 12.9. The molecule has 2 aromatic heterocycles. The molecule has 0 saturated carbocycles. The fraction of sp³-hybridized carbons (Fsp3) is 0.190. The Hall–Kier alpha value is -2.66. The van der Waals surface area contributed by atoms with Crippen LogP contribution >= 0.6 is 11.8 Å². The SMILES string of the molecule is O=C(c1ccccc1)N(CCCSc1ccccn1)Cc1ccccn1. The minimum Gasteiger partial charge on any atom is -0.333 e. The fourth-order valence-electron chi connectivity index (χ4n) is 2.57. The lowest BCUT2D eigenvalue weighted by Crippen LogP contribution is -2.32. The van der Waals surface area contributed by atoms with Gasteiger partial charge in [-0.05, 0) is 42.8 Å². The molecule has 2 heterocycles. The highest BCUT2D eigenvalue weighted by Crippen LogP contribution is 2.16. The van der Waals surface area contributed by atoms with Crippen molar-refractivity contribution >= 4 is 17.7 Å². The molecule has 1 aromatic carbocycles. The van der Waals surface area contributed by atoms with Gasteiger partial charge in [0.25, 0.3) is 5.91 Å². The molecule has 132 valence electrons. The average Bonchev–Trinajstić information content (AvgIpc) is 2.72. The van der Waals surface area contributed by atoms with Gasteiger partial charge in [-0.2, -0.15) is 0 Å². The number of hydrogen-bond donors (Lipinski definition) is 0. The summed E-state index contributed by atoms with van der Waals surface area (Å²) < 4.78 is 0. The Morgan fingerprint density at radius 2 is 1.62 bits per heavy atom. The van der Waals surface area contributed by atoms with Crippen LogP contribution in [0.25, 0.3) is 0 Å². The quantitative estimate of drug-likeness (QED) is 0.442. The first-order valence-corrected chi connectivity index (χ1v) is 9.59. The van der Waals surface area contributed by atoms with E-state index in [-0.39, 0.29) is 5.91 Å². The predicted octanol–water partition coefficient (Wildman–Crippen LogP) is 4.30. The van der Waals surface area contributed by atoms with Crippen molar-refractivity contribution in [2.24, 2.45) is 0 Å². The molecule has 0 bridgehead atoms. The van der Waals surface area contributed by atoms with Crippen molar-refractivity contribution in [2.75, 3.05) is 12.3 Å². The van der Waals surface area contributed by atoms with Crippen molar-refractivity contribution < 1.29 is 4.79 Å². The Balaban J connectivity index is 1.61. The Morgan fingerprint density at radius 1 is 0.885 bits per heavy atom. The molecule has 1 amide bonds. The van der Waals surface area contributed by atoms with Crippen molar-refractivity contribution in [1.29, 1.82) is 0 Å². The zero-order valence-electron chi connectivity index (χ0n) is 14.5. The standard InChI is InChI=1S/C21H21N3OS/c25-21(18-9-2-1-3-10-18)24(17-19-11-4-6-13-22-19)15-8-16-26-20-12-5-7-14-23-20/h1-7,9-14H,8,15-17H2.